The number of aryl methyl sites for hydroxylation is 1. The van der Waals surface area contributed by atoms with Crippen molar-refractivity contribution in [1.82, 2.24) is 0 Å². The molecule has 21 heavy (non-hydrogen) atoms. The number of benzene rings is 2. The van der Waals surface area contributed by atoms with E-state index in [0.717, 1.165) is 23.1 Å². The molecule has 2 rings (SSSR count). The van der Waals surface area contributed by atoms with Crippen molar-refractivity contribution < 1.29 is 9.85 Å². The standard InChI is InChI=1S/C15H14N2O4/c1-2-12-5-8-15(17(20)21)10-13(12)9-11-3-6-14(7-4-11)16(18)19/h3-8,10H,2,9H2,1H3. The molecular weight excluding hydrogens is 272 g/mol. The molecule has 0 heterocycles. The third-order valence-electron chi connectivity index (χ3n) is 3.32. The van der Waals surface area contributed by atoms with Crippen LogP contribution in [-0.2, 0) is 12.8 Å². The predicted molar refractivity (Wildman–Crippen MR) is 78.4 cm³/mol. The molecule has 0 aromatic heterocycles. The first kappa shape index (κ1) is 14.6. The molecule has 0 N–H and O–H groups in total. The fourth-order valence-corrected chi connectivity index (χ4v) is 2.19. The Morgan fingerprint density at radius 2 is 1.43 bits per heavy atom. The SMILES string of the molecule is CCc1ccc([N+](=O)[O-])cc1Cc1ccc([N+](=O)[O-])cc1. The van der Waals surface area contributed by atoms with Gasteiger partial charge in [-0.3, -0.25) is 20.2 Å². The molecule has 0 aliphatic carbocycles. The Morgan fingerprint density at radius 1 is 0.857 bits per heavy atom. The molecule has 0 atom stereocenters. The highest BCUT2D eigenvalue weighted by atomic mass is 16.6. The Kier molecular flexibility index (Phi) is 4.27. The second-order valence-corrected chi connectivity index (χ2v) is 4.66. The van der Waals surface area contributed by atoms with Gasteiger partial charge in [0.15, 0.2) is 0 Å². The quantitative estimate of drug-likeness (QED) is 0.620. The highest BCUT2D eigenvalue weighted by Gasteiger charge is 2.11. The summed E-state index contributed by atoms with van der Waals surface area (Å²) in [6.07, 6.45) is 1.29. The summed E-state index contributed by atoms with van der Waals surface area (Å²) in [5, 5.41) is 21.5. The molecule has 0 unspecified atom stereocenters. The van der Waals surface area contributed by atoms with E-state index in [9.17, 15) is 20.2 Å². The third-order valence-corrected chi connectivity index (χ3v) is 3.32. The summed E-state index contributed by atoms with van der Waals surface area (Å²) in [6, 6.07) is 11.1. The maximum absolute atomic E-state index is 10.9. The summed E-state index contributed by atoms with van der Waals surface area (Å²) in [7, 11) is 0. The van der Waals surface area contributed by atoms with Crippen LogP contribution in [0.5, 0.6) is 0 Å². The van der Waals surface area contributed by atoms with Gasteiger partial charge in [-0.2, -0.15) is 0 Å². The second kappa shape index (κ2) is 6.13. The van der Waals surface area contributed by atoms with E-state index < -0.39 is 9.85 Å². The Labute approximate surface area is 121 Å². The molecule has 6 nitrogen and oxygen atoms in total. The summed E-state index contributed by atoms with van der Waals surface area (Å²) >= 11 is 0. The van der Waals surface area contributed by atoms with Gasteiger partial charge in [-0.25, -0.2) is 0 Å². The van der Waals surface area contributed by atoms with Crippen LogP contribution in [0.25, 0.3) is 0 Å². The van der Waals surface area contributed by atoms with E-state index in [-0.39, 0.29) is 11.4 Å². The molecule has 0 fully saturated rings. The zero-order valence-electron chi connectivity index (χ0n) is 11.5. The van der Waals surface area contributed by atoms with E-state index in [2.05, 4.69) is 0 Å². The number of hydrogen-bond acceptors (Lipinski definition) is 4. The molecule has 6 heteroatoms. The van der Waals surface area contributed by atoms with Crippen molar-refractivity contribution in [3.8, 4) is 0 Å². The van der Waals surface area contributed by atoms with Crippen molar-refractivity contribution in [1.29, 1.82) is 0 Å². The minimum absolute atomic E-state index is 0.0357. The minimum Gasteiger partial charge on any atom is -0.258 e. The molecule has 2 aromatic rings. The first-order valence-corrected chi connectivity index (χ1v) is 6.50. The molecule has 0 aliphatic rings. The summed E-state index contributed by atoms with van der Waals surface area (Å²) in [6.45, 7) is 1.99. The van der Waals surface area contributed by atoms with Crippen molar-refractivity contribution in [3.05, 3.63) is 79.4 Å². The summed E-state index contributed by atoms with van der Waals surface area (Å²) < 4.78 is 0. The molecule has 2 aromatic carbocycles. The van der Waals surface area contributed by atoms with Gasteiger partial charge in [0.05, 0.1) is 9.85 Å². The number of nitro groups is 2. The highest BCUT2D eigenvalue weighted by molar-refractivity contribution is 5.43. The fourth-order valence-electron chi connectivity index (χ4n) is 2.19. The van der Waals surface area contributed by atoms with Crippen LogP contribution in [0, 0.1) is 20.2 Å². The summed E-state index contributed by atoms with van der Waals surface area (Å²) in [4.78, 5) is 20.6. The fraction of sp³-hybridized carbons (Fsp3) is 0.200. The molecule has 0 bridgehead atoms. The van der Waals surface area contributed by atoms with E-state index >= 15 is 0 Å². The van der Waals surface area contributed by atoms with Crippen LogP contribution in [0.1, 0.15) is 23.6 Å². The van der Waals surface area contributed by atoms with Crippen LogP contribution in [0.3, 0.4) is 0 Å². The van der Waals surface area contributed by atoms with Gasteiger partial charge in [-0.1, -0.05) is 25.1 Å². The van der Waals surface area contributed by atoms with Crippen LogP contribution < -0.4 is 0 Å². The number of nitrogens with zero attached hydrogens (tertiary/aromatic N) is 2. The maximum Gasteiger partial charge on any atom is 0.269 e. The highest BCUT2D eigenvalue weighted by Crippen LogP contribution is 2.22. The first-order valence-electron chi connectivity index (χ1n) is 6.50. The number of non-ortho nitro benzene ring substituents is 2. The molecule has 0 saturated carbocycles. The van der Waals surface area contributed by atoms with Crippen molar-refractivity contribution in [2.45, 2.75) is 19.8 Å². The van der Waals surface area contributed by atoms with Gasteiger partial charge in [0.1, 0.15) is 0 Å². The van der Waals surface area contributed by atoms with Gasteiger partial charge >= 0.3 is 0 Å². The van der Waals surface area contributed by atoms with Gasteiger partial charge in [-0.15, -0.1) is 0 Å². The predicted octanol–water partition coefficient (Wildman–Crippen LogP) is 3.66. The summed E-state index contributed by atoms with van der Waals surface area (Å²) in [5.41, 5.74) is 2.90. The van der Waals surface area contributed by atoms with Gasteiger partial charge in [0.25, 0.3) is 11.4 Å². The molecule has 0 saturated heterocycles. The van der Waals surface area contributed by atoms with Crippen molar-refractivity contribution in [2.24, 2.45) is 0 Å². The smallest absolute Gasteiger partial charge is 0.258 e. The Bertz CT molecular complexity index is 681. The number of hydrogen-bond donors (Lipinski definition) is 0. The minimum atomic E-state index is -0.450. The van der Waals surface area contributed by atoms with Crippen LogP contribution in [0.15, 0.2) is 42.5 Å². The average Bonchev–Trinajstić information content (AvgIpc) is 2.47. The van der Waals surface area contributed by atoms with Gasteiger partial charge < -0.3 is 0 Å². The molecule has 0 spiro atoms. The number of rotatable bonds is 5. The van der Waals surface area contributed by atoms with Gasteiger partial charge in [0.2, 0.25) is 0 Å². The lowest BCUT2D eigenvalue weighted by Crippen LogP contribution is -1.98. The Morgan fingerprint density at radius 3 is 1.95 bits per heavy atom. The zero-order valence-corrected chi connectivity index (χ0v) is 11.5. The van der Waals surface area contributed by atoms with Crippen molar-refractivity contribution in [2.75, 3.05) is 0 Å². The molecule has 0 radical (unpaired) electrons. The van der Waals surface area contributed by atoms with Crippen molar-refractivity contribution in [3.63, 3.8) is 0 Å². The molecule has 0 aliphatic heterocycles. The monoisotopic (exact) mass is 286 g/mol. The zero-order chi connectivity index (χ0) is 15.4. The van der Waals surface area contributed by atoms with E-state index in [0.29, 0.717) is 6.42 Å². The van der Waals surface area contributed by atoms with E-state index in [1.165, 1.54) is 18.2 Å². The van der Waals surface area contributed by atoms with Gasteiger partial charge in [-0.05, 0) is 29.5 Å². The largest absolute Gasteiger partial charge is 0.269 e. The maximum atomic E-state index is 10.9. The van der Waals surface area contributed by atoms with E-state index in [1.54, 1.807) is 24.3 Å². The molecule has 108 valence electrons. The lowest BCUT2D eigenvalue weighted by atomic mass is 9.97. The lowest BCUT2D eigenvalue weighted by molar-refractivity contribution is -0.385. The number of nitro benzene ring substituents is 2. The van der Waals surface area contributed by atoms with Gasteiger partial charge in [0, 0.05) is 24.3 Å². The first-order chi connectivity index (χ1) is 10.0. The van der Waals surface area contributed by atoms with Crippen LogP contribution in [0.4, 0.5) is 11.4 Å². The lowest BCUT2D eigenvalue weighted by Gasteiger charge is -2.08. The normalized spacial score (nSPS) is 10.3. The van der Waals surface area contributed by atoms with Crippen molar-refractivity contribution >= 4 is 11.4 Å². The van der Waals surface area contributed by atoms with E-state index in [4.69, 9.17) is 0 Å². The van der Waals surface area contributed by atoms with Crippen LogP contribution in [0.2, 0.25) is 0 Å². The van der Waals surface area contributed by atoms with Crippen LogP contribution >= 0.6 is 0 Å². The third kappa shape index (κ3) is 3.42. The summed E-state index contributed by atoms with van der Waals surface area (Å²) in [5.74, 6) is 0. The topological polar surface area (TPSA) is 86.3 Å². The Hall–Kier alpha value is -2.76. The molecule has 0 amide bonds. The average molecular weight is 286 g/mol. The van der Waals surface area contributed by atoms with E-state index in [1.807, 2.05) is 6.92 Å². The molecular formula is C15H14N2O4. The Balaban J connectivity index is 2.31. The van der Waals surface area contributed by atoms with Crippen LogP contribution in [-0.4, -0.2) is 9.85 Å². The second-order valence-electron chi connectivity index (χ2n) is 4.66.